The number of anilines is 1. The molecule has 2 aromatic carbocycles. The quantitative estimate of drug-likeness (QED) is 0.559. The summed E-state index contributed by atoms with van der Waals surface area (Å²) in [5.41, 5.74) is 0.222. The predicted molar refractivity (Wildman–Crippen MR) is 90.6 cm³/mol. The Kier molecular flexibility index (Phi) is 3.92. The number of benzene rings is 2. The van der Waals surface area contributed by atoms with Crippen molar-refractivity contribution in [3.05, 3.63) is 70.5 Å². The van der Waals surface area contributed by atoms with Gasteiger partial charge in [-0.05, 0) is 18.2 Å². The van der Waals surface area contributed by atoms with Crippen LogP contribution < -0.4 is 14.8 Å². The van der Waals surface area contributed by atoms with Crippen molar-refractivity contribution in [1.29, 1.82) is 0 Å². The highest BCUT2D eigenvalue weighted by molar-refractivity contribution is 5.87. The van der Waals surface area contributed by atoms with Gasteiger partial charge in [-0.3, -0.25) is 20.0 Å². The smallest absolute Gasteiger partial charge is 0.417 e. The highest BCUT2D eigenvalue weighted by Crippen LogP contribution is 2.34. The molecule has 1 N–H and O–H groups in total. The Balaban J connectivity index is 1.51. The SMILES string of the molecule is O=C(Nc1cc(F)c2c(c1)OCc1nccn1-2)Oc1ccc([N+](=O)[O-])cc1. The first-order valence-electron chi connectivity index (χ1n) is 7.73. The van der Waals surface area contributed by atoms with Crippen LogP contribution in [0.15, 0.2) is 48.8 Å². The van der Waals surface area contributed by atoms with Crippen LogP contribution in [0, 0.1) is 15.9 Å². The number of amides is 1. The number of imidazole rings is 1. The first-order valence-corrected chi connectivity index (χ1v) is 7.73. The molecule has 3 aromatic rings. The van der Waals surface area contributed by atoms with Crippen LogP contribution in [0.2, 0.25) is 0 Å². The minimum Gasteiger partial charge on any atom is -0.483 e. The first kappa shape index (κ1) is 16.5. The number of nitro benzene ring substituents is 1. The average molecular weight is 370 g/mol. The highest BCUT2D eigenvalue weighted by Gasteiger charge is 2.22. The summed E-state index contributed by atoms with van der Waals surface area (Å²) in [5, 5.41) is 13.0. The van der Waals surface area contributed by atoms with Gasteiger partial charge in [0.15, 0.2) is 11.6 Å². The Morgan fingerprint density at radius 2 is 2.11 bits per heavy atom. The van der Waals surface area contributed by atoms with Gasteiger partial charge in [-0.25, -0.2) is 14.2 Å². The maximum Gasteiger partial charge on any atom is 0.417 e. The largest absolute Gasteiger partial charge is 0.483 e. The van der Waals surface area contributed by atoms with Crippen LogP contribution in [0.25, 0.3) is 5.69 Å². The van der Waals surface area contributed by atoms with E-state index in [1.165, 1.54) is 30.3 Å². The van der Waals surface area contributed by atoms with E-state index in [-0.39, 0.29) is 35.2 Å². The fourth-order valence-electron chi connectivity index (χ4n) is 2.66. The third-order valence-corrected chi connectivity index (χ3v) is 3.85. The van der Waals surface area contributed by atoms with Crippen LogP contribution in [0.1, 0.15) is 5.82 Å². The van der Waals surface area contributed by atoms with Crippen molar-refractivity contribution >= 4 is 17.5 Å². The lowest BCUT2D eigenvalue weighted by Crippen LogP contribution is -2.18. The molecule has 0 unspecified atom stereocenters. The molecule has 0 saturated carbocycles. The number of aromatic nitrogens is 2. The van der Waals surface area contributed by atoms with Gasteiger partial charge < -0.3 is 9.47 Å². The van der Waals surface area contributed by atoms with E-state index >= 15 is 0 Å². The molecular formula is C17H11FN4O5. The van der Waals surface area contributed by atoms with Gasteiger partial charge in [0, 0.05) is 30.6 Å². The number of nitro groups is 1. The summed E-state index contributed by atoms with van der Waals surface area (Å²) in [6, 6.07) is 7.59. The van der Waals surface area contributed by atoms with Crippen LogP contribution in [0.5, 0.6) is 11.5 Å². The number of halogens is 1. The number of nitrogens with one attached hydrogen (secondary N) is 1. The molecule has 27 heavy (non-hydrogen) atoms. The Hall–Kier alpha value is -3.95. The lowest BCUT2D eigenvalue weighted by molar-refractivity contribution is -0.384. The highest BCUT2D eigenvalue weighted by atomic mass is 19.1. The van der Waals surface area contributed by atoms with Gasteiger partial charge in [0.2, 0.25) is 0 Å². The molecule has 136 valence electrons. The van der Waals surface area contributed by atoms with Crippen molar-refractivity contribution in [2.45, 2.75) is 6.61 Å². The summed E-state index contributed by atoms with van der Waals surface area (Å²) in [6.07, 6.45) is 2.29. The predicted octanol–water partition coefficient (Wildman–Crippen LogP) is 3.42. The van der Waals surface area contributed by atoms with E-state index in [0.717, 1.165) is 6.07 Å². The third kappa shape index (κ3) is 3.15. The van der Waals surface area contributed by atoms with Crippen molar-refractivity contribution in [3.8, 4) is 17.2 Å². The Morgan fingerprint density at radius 3 is 2.85 bits per heavy atom. The Morgan fingerprint density at radius 1 is 1.33 bits per heavy atom. The van der Waals surface area contributed by atoms with Gasteiger partial charge in [-0.1, -0.05) is 0 Å². The van der Waals surface area contributed by atoms with E-state index in [9.17, 15) is 19.3 Å². The lowest BCUT2D eigenvalue weighted by atomic mass is 10.2. The zero-order valence-electron chi connectivity index (χ0n) is 13.6. The molecule has 9 nitrogen and oxygen atoms in total. The van der Waals surface area contributed by atoms with E-state index in [2.05, 4.69) is 10.3 Å². The van der Waals surface area contributed by atoms with Crippen LogP contribution in [0.4, 0.5) is 20.6 Å². The summed E-state index contributed by atoms with van der Waals surface area (Å²) < 4.78 is 26.6. The van der Waals surface area contributed by atoms with E-state index in [0.29, 0.717) is 5.82 Å². The number of nitrogens with zero attached hydrogens (tertiary/aromatic N) is 3. The number of non-ortho nitro benzene ring substituents is 1. The molecule has 0 saturated heterocycles. The van der Waals surface area contributed by atoms with Crippen molar-refractivity contribution in [2.75, 3.05) is 5.32 Å². The average Bonchev–Trinajstić information content (AvgIpc) is 3.10. The van der Waals surface area contributed by atoms with Crippen LogP contribution >= 0.6 is 0 Å². The summed E-state index contributed by atoms with van der Waals surface area (Å²) in [5.74, 6) is 0.332. The molecule has 0 spiro atoms. The zero-order chi connectivity index (χ0) is 19.0. The molecule has 1 aromatic heterocycles. The fourth-order valence-corrected chi connectivity index (χ4v) is 2.66. The van der Waals surface area contributed by atoms with Crippen LogP contribution in [-0.4, -0.2) is 20.6 Å². The van der Waals surface area contributed by atoms with Gasteiger partial charge in [0.25, 0.3) is 5.69 Å². The normalized spacial score (nSPS) is 11.7. The van der Waals surface area contributed by atoms with Gasteiger partial charge in [-0.15, -0.1) is 0 Å². The van der Waals surface area contributed by atoms with Gasteiger partial charge in [0.1, 0.15) is 23.8 Å². The van der Waals surface area contributed by atoms with Crippen molar-refractivity contribution in [1.82, 2.24) is 9.55 Å². The maximum absolute atomic E-state index is 14.5. The fraction of sp³-hybridized carbons (Fsp3) is 0.0588. The molecular weight excluding hydrogens is 359 g/mol. The van der Waals surface area contributed by atoms with Gasteiger partial charge in [0.05, 0.1) is 10.6 Å². The molecule has 1 aliphatic heterocycles. The lowest BCUT2D eigenvalue weighted by Gasteiger charge is -2.20. The van der Waals surface area contributed by atoms with Crippen molar-refractivity contribution in [2.24, 2.45) is 0 Å². The number of hydrogen-bond acceptors (Lipinski definition) is 6. The molecule has 4 rings (SSSR count). The van der Waals surface area contributed by atoms with E-state index < -0.39 is 16.8 Å². The summed E-state index contributed by atoms with van der Waals surface area (Å²) >= 11 is 0. The number of rotatable bonds is 3. The van der Waals surface area contributed by atoms with E-state index in [4.69, 9.17) is 9.47 Å². The molecule has 0 fully saturated rings. The number of carbonyl (C=O) groups is 1. The standard InChI is InChI=1S/C17H11FN4O5/c18-13-7-10(8-14-16(13)21-6-5-19-15(21)9-26-14)20-17(23)27-12-3-1-11(2-4-12)22(24)25/h1-8H,9H2,(H,20,23). The summed E-state index contributed by atoms with van der Waals surface area (Å²) in [6.45, 7) is 0.177. The minimum absolute atomic E-state index is 0.107. The second-order valence-electron chi connectivity index (χ2n) is 5.57. The van der Waals surface area contributed by atoms with Crippen molar-refractivity contribution in [3.63, 3.8) is 0 Å². The van der Waals surface area contributed by atoms with E-state index in [1.807, 2.05) is 0 Å². The molecule has 0 atom stereocenters. The van der Waals surface area contributed by atoms with Crippen LogP contribution in [-0.2, 0) is 6.61 Å². The van der Waals surface area contributed by atoms with Gasteiger partial charge in [-0.2, -0.15) is 0 Å². The topological polar surface area (TPSA) is 109 Å². The second-order valence-corrected chi connectivity index (χ2v) is 5.57. The number of fused-ring (bicyclic) bond motifs is 3. The zero-order valence-corrected chi connectivity index (χ0v) is 13.6. The monoisotopic (exact) mass is 370 g/mol. The van der Waals surface area contributed by atoms with E-state index in [1.54, 1.807) is 17.0 Å². The second kappa shape index (κ2) is 6.41. The Labute approximate surface area is 151 Å². The third-order valence-electron chi connectivity index (χ3n) is 3.85. The summed E-state index contributed by atoms with van der Waals surface area (Å²) in [4.78, 5) is 26.1. The molecule has 1 aliphatic rings. The molecule has 10 heteroatoms. The first-order chi connectivity index (χ1) is 13.0. The molecule has 1 amide bonds. The molecule has 2 heterocycles. The van der Waals surface area contributed by atoms with Gasteiger partial charge >= 0.3 is 6.09 Å². The van der Waals surface area contributed by atoms with Crippen molar-refractivity contribution < 1.29 is 23.6 Å². The molecule has 0 aliphatic carbocycles. The number of carbonyl (C=O) groups excluding carboxylic acids is 1. The van der Waals surface area contributed by atoms with Crippen LogP contribution in [0.3, 0.4) is 0 Å². The molecule has 0 radical (unpaired) electrons. The summed E-state index contributed by atoms with van der Waals surface area (Å²) in [7, 11) is 0. The number of ether oxygens (including phenoxy) is 2. The Bertz CT molecular complexity index is 1050. The molecule has 0 bridgehead atoms. The minimum atomic E-state index is -0.873. The maximum atomic E-state index is 14.5. The number of hydrogen-bond donors (Lipinski definition) is 1.